The van der Waals surface area contributed by atoms with Crippen LogP contribution in [0.2, 0.25) is 5.02 Å². The maximum Gasteiger partial charge on any atom is 0.259 e. The number of amides is 1. The zero-order chi connectivity index (χ0) is 19.2. The first kappa shape index (κ1) is 18.7. The molecule has 0 aliphatic rings. The van der Waals surface area contributed by atoms with Crippen LogP contribution in [0.25, 0.3) is 10.8 Å². The second-order valence-corrected chi connectivity index (χ2v) is 6.37. The van der Waals surface area contributed by atoms with E-state index in [4.69, 9.17) is 16.3 Å². The molecule has 1 amide bonds. The Morgan fingerprint density at radius 2 is 1.89 bits per heavy atom. The number of rotatable bonds is 6. The number of nitrogens with one attached hydrogen (secondary N) is 2. The summed E-state index contributed by atoms with van der Waals surface area (Å²) in [5.74, 6) is 0.552. The Bertz CT molecular complexity index is 1000. The minimum Gasteiger partial charge on any atom is -0.496 e. The lowest BCUT2D eigenvalue weighted by Gasteiger charge is -2.09. The molecule has 0 aliphatic carbocycles. The molecule has 0 aliphatic heterocycles. The summed E-state index contributed by atoms with van der Waals surface area (Å²) < 4.78 is 5.39. The number of carbonyl (C=O) groups excluding carboxylic acids is 1. The highest BCUT2D eigenvalue weighted by Crippen LogP contribution is 2.27. The minimum absolute atomic E-state index is 0.0991. The molecule has 0 saturated carbocycles. The summed E-state index contributed by atoms with van der Waals surface area (Å²) in [6.07, 6.45) is 1.63. The van der Waals surface area contributed by atoms with E-state index in [0.29, 0.717) is 5.02 Å². The Labute approximate surface area is 163 Å². The van der Waals surface area contributed by atoms with Crippen molar-refractivity contribution in [3.8, 4) is 5.75 Å². The molecule has 5 nitrogen and oxygen atoms in total. The molecule has 0 radical (unpaired) electrons. The molecular formula is C21H20ClN3O2. The van der Waals surface area contributed by atoms with E-state index in [9.17, 15) is 4.79 Å². The smallest absolute Gasteiger partial charge is 0.259 e. The number of fused-ring (bicyclic) bond motifs is 1. The molecule has 0 bridgehead atoms. The number of hydrogen-bond donors (Lipinski definition) is 2. The Balaban J connectivity index is 1.65. The number of hydrazone groups is 1. The number of ether oxygens (including phenoxy) is 1. The van der Waals surface area contributed by atoms with Crippen molar-refractivity contribution in [1.82, 2.24) is 5.43 Å². The predicted molar refractivity (Wildman–Crippen MR) is 111 cm³/mol. The lowest BCUT2D eigenvalue weighted by atomic mass is 10.0. The highest BCUT2D eigenvalue weighted by molar-refractivity contribution is 6.31. The zero-order valence-electron chi connectivity index (χ0n) is 15.1. The molecule has 0 atom stereocenters. The SMILES string of the molecule is COc1ccc(/C=N\NC(=O)CNc2cccc(Cl)c2C)c2ccccc12. The van der Waals surface area contributed by atoms with Gasteiger partial charge in [-0.15, -0.1) is 0 Å². The lowest BCUT2D eigenvalue weighted by Crippen LogP contribution is -2.26. The van der Waals surface area contributed by atoms with Gasteiger partial charge in [0.25, 0.3) is 5.91 Å². The lowest BCUT2D eigenvalue weighted by molar-refractivity contribution is -0.119. The van der Waals surface area contributed by atoms with Gasteiger partial charge in [0.05, 0.1) is 19.9 Å². The number of carbonyl (C=O) groups is 1. The summed E-state index contributed by atoms with van der Waals surface area (Å²) >= 11 is 6.08. The molecule has 27 heavy (non-hydrogen) atoms. The number of hydrogen-bond acceptors (Lipinski definition) is 4. The van der Waals surface area contributed by atoms with Crippen LogP contribution in [0, 0.1) is 6.92 Å². The maximum atomic E-state index is 12.0. The van der Waals surface area contributed by atoms with Gasteiger partial charge in [-0.05, 0) is 42.1 Å². The van der Waals surface area contributed by atoms with Gasteiger partial charge in [0.15, 0.2) is 0 Å². The summed E-state index contributed by atoms with van der Waals surface area (Å²) in [5.41, 5.74) is 5.15. The molecule has 0 unspecified atom stereocenters. The van der Waals surface area contributed by atoms with Crippen LogP contribution in [0.1, 0.15) is 11.1 Å². The molecule has 3 aromatic rings. The fourth-order valence-corrected chi connectivity index (χ4v) is 2.95. The van der Waals surface area contributed by atoms with Crippen molar-refractivity contribution in [2.75, 3.05) is 19.0 Å². The van der Waals surface area contributed by atoms with Crippen LogP contribution in [0.3, 0.4) is 0 Å². The first-order valence-electron chi connectivity index (χ1n) is 8.47. The molecule has 3 aromatic carbocycles. The quantitative estimate of drug-likeness (QED) is 0.492. The topological polar surface area (TPSA) is 62.7 Å². The van der Waals surface area contributed by atoms with Crippen molar-refractivity contribution in [2.45, 2.75) is 6.92 Å². The third-order valence-corrected chi connectivity index (χ3v) is 4.65. The van der Waals surface area contributed by atoms with Gasteiger partial charge in [-0.1, -0.05) is 41.9 Å². The summed E-state index contributed by atoms with van der Waals surface area (Å²) in [4.78, 5) is 12.0. The van der Waals surface area contributed by atoms with Crippen LogP contribution in [0.4, 0.5) is 5.69 Å². The van der Waals surface area contributed by atoms with Gasteiger partial charge < -0.3 is 10.1 Å². The van der Waals surface area contributed by atoms with Crippen LogP contribution >= 0.6 is 11.6 Å². The second kappa shape index (κ2) is 8.56. The summed E-state index contributed by atoms with van der Waals surface area (Å²) in [5, 5.41) is 9.78. The average molecular weight is 382 g/mol. The second-order valence-electron chi connectivity index (χ2n) is 5.96. The van der Waals surface area contributed by atoms with E-state index >= 15 is 0 Å². The molecule has 0 spiro atoms. The van der Waals surface area contributed by atoms with Crippen LogP contribution in [0.5, 0.6) is 5.75 Å². The highest BCUT2D eigenvalue weighted by Gasteiger charge is 2.06. The van der Waals surface area contributed by atoms with Gasteiger partial charge in [-0.25, -0.2) is 5.43 Å². The first-order chi connectivity index (χ1) is 13.1. The van der Waals surface area contributed by atoms with Crippen LogP contribution in [-0.2, 0) is 4.79 Å². The molecule has 0 fully saturated rings. The van der Waals surface area contributed by atoms with Crippen LogP contribution in [-0.4, -0.2) is 25.8 Å². The largest absolute Gasteiger partial charge is 0.496 e. The van der Waals surface area contributed by atoms with E-state index < -0.39 is 0 Å². The van der Waals surface area contributed by atoms with E-state index in [-0.39, 0.29) is 12.5 Å². The van der Waals surface area contributed by atoms with Gasteiger partial charge >= 0.3 is 0 Å². The third kappa shape index (κ3) is 4.38. The number of benzene rings is 3. The molecule has 138 valence electrons. The predicted octanol–water partition coefficient (Wildman–Crippen LogP) is 4.37. The van der Waals surface area contributed by atoms with Gasteiger partial charge in [-0.3, -0.25) is 4.79 Å². The van der Waals surface area contributed by atoms with Gasteiger partial charge in [-0.2, -0.15) is 5.10 Å². The fourth-order valence-electron chi connectivity index (χ4n) is 2.77. The van der Waals surface area contributed by atoms with E-state index in [1.807, 2.05) is 61.5 Å². The van der Waals surface area contributed by atoms with Gasteiger partial charge in [0.1, 0.15) is 5.75 Å². The van der Waals surface area contributed by atoms with E-state index in [1.165, 1.54) is 0 Å². The number of methoxy groups -OCH3 is 1. The fraction of sp³-hybridized carbons (Fsp3) is 0.143. The molecule has 0 saturated heterocycles. The van der Waals surface area contributed by atoms with Crippen molar-refractivity contribution in [3.05, 3.63) is 70.7 Å². The molecule has 0 heterocycles. The molecule has 0 aromatic heterocycles. The molecule has 2 N–H and O–H groups in total. The van der Waals surface area contributed by atoms with E-state index in [2.05, 4.69) is 15.8 Å². The zero-order valence-corrected chi connectivity index (χ0v) is 15.9. The molecular weight excluding hydrogens is 362 g/mol. The van der Waals surface area contributed by atoms with Gasteiger partial charge in [0.2, 0.25) is 0 Å². The first-order valence-corrected chi connectivity index (χ1v) is 8.84. The van der Waals surface area contributed by atoms with Crippen molar-refractivity contribution in [2.24, 2.45) is 5.10 Å². The van der Waals surface area contributed by atoms with Crippen LogP contribution < -0.4 is 15.5 Å². The van der Waals surface area contributed by atoms with E-state index in [0.717, 1.165) is 33.3 Å². The molecule has 3 rings (SSSR count). The monoisotopic (exact) mass is 381 g/mol. The highest BCUT2D eigenvalue weighted by atomic mass is 35.5. The van der Waals surface area contributed by atoms with Crippen molar-refractivity contribution >= 4 is 40.2 Å². The van der Waals surface area contributed by atoms with Crippen LogP contribution in [0.15, 0.2) is 59.7 Å². The Morgan fingerprint density at radius 3 is 2.67 bits per heavy atom. The maximum absolute atomic E-state index is 12.0. The average Bonchev–Trinajstić information content (AvgIpc) is 2.69. The normalized spacial score (nSPS) is 10.9. The summed E-state index contributed by atoms with van der Waals surface area (Å²) in [6, 6.07) is 17.2. The summed E-state index contributed by atoms with van der Waals surface area (Å²) in [6.45, 7) is 2.00. The Hall–Kier alpha value is -3.05. The minimum atomic E-state index is -0.247. The van der Waals surface area contributed by atoms with Gasteiger partial charge in [0, 0.05) is 21.7 Å². The Kier molecular flexibility index (Phi) is 5.94. The molecule has 6 heteroatoms. The number of anilines is 1. The van der Waals surface area contributed by atoms with Crippen molar-refractivity contribution in [1.29, 1.82) is 0 Å². The Morgan fingerprint density at radius 1 is 1.11 bits per heavy atom. The summed E-state index contributed by atoms with van der Waals surface area (Å²) in [7, 11) is 1.64. The number of halogens is 1. The third-order valence-electron chi connectivity index (χ3n) is 4.24. The van der Waals surface area contributed by atoms with Crippen molar-refractivity contribution in [3.63, 3.8) is 0 Å². The number of nitrogens with zero attached hydrogens (tertiary/aromatic N) is 1. The standard InChI is InChI=1S/C21H20ClN3O2/c1-14-18(22)8-5-9-19(14)23-13-21(26)25-24-12-15-10-11-20(27-2)17-7-4-3-6-16(15)17/h3-12,23H,13H2,1-2H3,(H,25,26)/b24-12-. The van der Waals surface area contributed by atoms with E-state index in [1.54, 1.807) is 13.3 Å². The van der Waals surface area contributed by atoms with Crippen molar-refractivity contribution < 1.29 is 9.53 Å².